The lowest BCUT2D eigenvalue weighted by Gasteiger charge is -2.33. The van der Waals surface area contributed by atoms with E-state index in [0.29, 0.717) is 23.6 Å². The van der Waals surface area contributed by atoms with E-state index >= 15 is 0 Å². The molecule has 2 aromatic heterocycles. The van der Waals surface area contributed by atoms with E-state index in [1.165, 1.54) is 6.07 Å². The highest BCUT2D eigenvalue weighted by Gasteiger charge is 2.27. The molecule has 0 amide bonds. The minimum Gasteiger partial charge on any atom is -0.384 e. The van der Waals surface area contributed by atoms with Gasteiger partial charge < -0.3 is 15.8 Å². The fourth-order valence-electron chi connectivity index (χ4n) is 2.73. The third kappa shape index (κ3) is 3.76. The van der Waals surface area contributed by atoms with E-state index in [4.69, 9.17) is 22.1 Å². The summed E-state index contributed by atoms with van der Waals surface area (Å²) in [5.41, 5.74) is 6.95. The van der Waals surface area contributed by atoms with E-state index < -0.39 is 5.82 Å². The molecular formula is C17H20ClFN4O. The summed E-state index contributed by atoms with van der Waals surface area (Å²) in [5.74, 6) is 0.0813. The van der Waals surface area contributed by atoms with Crippen molar-refractivity contribution in [3.8, 4) is 11.3 Å². The average molecular weight is 351 g/mol. The number of nitrogens with zero attached hydrogens (tertiary/aromatic N) is 2. The van der Waals surface area contributed by atoms with Crippen LogP contribution in [0.5, 0.6) is 0 Å². The normalized spacial score (nSPS) is 16.8. The molecule has 3 rings (SSSR count). The van der Waals surface area contributed by atoms with E-state index in [9.17, 15) is 4.39 Å². The fourth-order valence-corrected chi connectivity index (χ4v) is 2.97. The van der Waals surface area contributed by atoms with Crippen LogP contribution in [-0.4, -0.2) is 29.7 Å². The lowest BCUT2D eigenvalue weighted by molar-refractivity contribution is 0.0299. The number of halogens is 2. The van der Waals surface area contributed by atoms with Gasteiger partial charge in [0.15, 0.2) is 11.6 Å². The van der Waals surface area contributed by atoms with E-state index in [0.717, 1.165) is 26.1 Å². The van der Waals surface area contributed by atoms with Crippen LogP contribution >= 0.6 is 11.6 Å². The molecule has 0 radical (unpaired) electrons. The smallest absolute Gasteiger partial charge is 0.166 e. The van der Waals surface area contributed by atoms with Crippen LogP contribution in [-0.2, 0) is 4.74 Å². The maximum absolute atomic E-state index is 14.2. The number of pyridine rings is 2. The molecular weight excluding hydrogens is 331 g/mol. The first-order valence-corrected chi connectivity index (χ1v) is 8.24. The molecule has 3 heterocycles. The summed E-state index contributed by atoms with van der Waals surface area (Å²) in [5, 5.41) is 3.36. The Bertz CT molecular complexity index is 735. The molecule has 2 aromatic rings. The molecule has 24 heavy (non-hydrogen) atoms. The molecule has 3 N–H and O–H groups in total. The summed E-state index contributed by atoms with van der Waals surface area (Å²) < 4.78 is 19.6. The molecule has 0 atom stereocenters. The standard InChI is InChI=1S/C17H20ClFN4O/c1-17(3-6-24-7-4-17)10-22-16-13(19)9-12(18)15(23-16)11-2-5-21-14(20)8-11/h2,5,8-9H,3-4,6-7,10H2,1H3,(H2,20,21)(H,22,23). The van der Waals surface area contributed by atoms with Crippen molar-refractivity contribution < 1.29 is 9.13 Å². The highest BCUT2D eigenvalue weighted by atomic mass is 35.5. The topological polar surface area (TPSA) is 73.1 Å². The van der Waals surface area contributed by atoms with Crippen molar-refractivity contribution in [3.63, 3.8) is 0 Å². The van der Waals surface area contributed by atoms with Gasteiger partial charge in [0.05, 0.1) is 10.7 Å². The largest absolute Gasteiger partial charge is 0.384 e. The number of nitrogens with two attached hydrogens (primary N) is 1. The Morgan fingerprint density at radius 1 is 1.38 bits per heavy atom. The molecule has 0 aromatic carbocycles. The van der Waals surface area contributed by atoms with Gasteiger partial charge in [0.2, 0.25) is 0 Å². The van der Waals surface area contributed by atoms with Crippen molar-refractivity contribution >= 4 is 23.2 Å². The molecule has 1 aliphatic heterocycles. The predicted molar refractivity (Wildman–Crippen MR) is 93.5 cm³/mol. The van der Waals surface area contributed by atoms with Crippen LogP contribution in [0.2, 0.25) is 5.02 Å². The molecule has 0 aliphatic carbocycles. The molecule has 1 fully saturated rings. The summed E-state index contributed by atoms with van der Waals surface area (Å²) in [6, 6.07) is 4.68. The summed E-state index contributed by atoms with van der Waals surface area (Å²) in [6.45, 7) is 4.26. The zero-order chi connectivity index (χ0) is 17.2. The lowest BCUT2D eigenvalue weighted by Crippen LogP contribution is -2.33. The molecule has 0 unspecified atom stereocenters. The Labute approximate surface area is 145 Å². The number of hydrogen-bond donors (Lipinski definition) is 2. The van der Waals surface area contributed by atoms with Crippen LogP contribution in [0, 0.1) is 11.2 Å². The van der Waals surface area contributed by atoms with Crippen LogP contribution in [0.15, 0.2) is 24.4 Å². The molecule has 128 valence electrons. The number of anilines is 2. The highest BCUT2D eigenvalue weighted by molar-refractivity contribution is 6.33. The first kappa shape index (κ1) is 16.9. The van der Waals surface area contributed by atoms with Gasteiger partial charge in [-0.2, -0.15) is 0 Å². The predicted octanol–water partition coefficient (Wildman–Crippen LogP) is 3.75. The van der Waals surface area contributed by atoms with Gasteiger partial charge >= 0.3 is 0 Å². The second kappa shape index (κ2) is 6.91. The molecule has 1 aliphatic rings. The third-order valence-electron chi connectivity index (χ3n) is 4.37. The minimum atomic E-state index is -0.471. The molecule has 1 saturated heterocycles. The Hall–Kier alpha value is -1.92. The molecule has 0 spiro atoms. The van der Waals surface area contributed by atoms with Gasteiger partial charge in [-0.25, -0.2) is 14.4 Å². The van der Waals surface area contributed by atoms with Gasteiger partial charge in [-0.1, -0.05) is 18.5 Å². The number of hydrogen-bond acceptors (Lipinski definition) is 5. The number of nitrogens with one attached hydrogen (secondary N) is 1. The summed E-state index contributed by atoms with van der Waals surface area (Å²) in [4.78, 5) is 8.31. The van der Waals surface area contributed by atoms with Crippen molar-refractivity contribution in [2.75, 3.05) is 30.8 Å². The van der Waals surface area contributed by atoms with Gasteiger partial charge in [0.1, 0.15) is 5.82 Å². The van der Waals surface area contributed by atoms with Crippen LogP contribution in [0.25, 0.3) is 11.3 Å². The van der Waals surface area contributed by atoms with E-state index in [2.05, 4.69) is 22.2 Å². The zero-order valence-electron chi connectivity index (χ0n) is 13.5. The number of ether oxygens (including phenoxy) is 1. The Kier molecular flexibility index (Phi) is 4.87. The quantitative estimate of drug-likeness (QED) is 0.878. The Morgan fingerprint density at radius 2 is 2.12 bits per heavy atom. The van der Waals surface area contributed by atoms with Gasteiger partial charge in [0, 0.05) is 31.5 Å². The van der Waals surface area contributed by atoms with Crippen LogP contribution in [0.1, 0.15) is 19.8 Å². The first-order chi connectivity index (χ1) is 11.5. The molecule has 0 saturated carbocycles. The number of aromatic nitrogens is 2. The summed E-state index contributed by atoms with van der Waals surface area (Å²) in [7, 11) is 0. The highest BCUT2D eigenvalue weighted by Crippen LogP contribution is 2.32. The maximum atomic E-state index is 14.2. The average Bonchev–Trinajstić information content (AvgIpc) is 2.55. The first-order valence-electron chi connectivity index (χ1n) is 7.86. The second-order valence-electron chi connectivity index (χ2n) is 6.40. The Balaban J connectivity index is 1.84. The van der Waals surface area contributed by atoms with Gasteiger partial charge in [-0.15, -0.1) is 0 Å². The van der Waals surface area contributed by atoms with Crippen LogP contribution in [0.3, 0.4) is 0 Å². The van der Waals surface area contributed by atoms with Crippen molar-refractivity contribution in [3.05, 3.63) is 35.2 Å². The van der Waals surface area contributed by atoms with E-state index in [1.807, 2.05) is 0 Å². The number of rotatable bonds is 4. The fraction of sp³-hybridized carbons (Fsp3) is 0.412. The lowest BCUT2D eigenvalue weighted by atomic mass is 9.82. The molecule has 0 bridgehead atoms. The van der Waals surface area contributed by atoms with E-state index in [1.54, 1.807) is 18.3 Å². The molecule has 7 heteroatoms. The van der Waals surface area contributed by atoms with Crippen molar-refractivity contribution in [2.24, 2.45) is 5.41 Å². The summed E-state index contributed by atoms with van der Waals surface area (Å²) >= 11 is 6.16. The Morgan fingerprint density at radius 3 is 2.83 bits per heavy atom. The number of nitrogen functional groups attached to an aromatic ring is 1. The van der Waals surface area contributed by atoms with Crippen molar-refractivity contribution in [1.82, 2.24) is 9.97 Å². The van der Waals surface area contributed by atoms with Crippen LogP contribution < -0.4 is 11.1 Å². The van der Waals surface area contributed by atoms with Crippen molar-refractivity contribution in [2.45, 2.75) is 19.8 Å². The van der Waals surface area contributed by atoms with Crippen LogP contribution in [0.4, 0.5) is 16.0 Å². The van der Waals surface area contributed by atoms with Gasteiger partial charge in [-0.05, 0) is 36.5 Å². The van der Waals surface area contributed by atoms with Gasteiger partial charge in [0.25, 0.3) is 0 Å². The van der Waals surface area contributed by atoms with Crippen molar-refractivity contribution in [1.29, 1.82) is 0 Å². The zero-order valence-corrected chi connectivity index (χ0v) is 14.2. The summed E-state index contributed by atoms with van der Waals surface area (Å²) in [6.07, 6.45) is 3.44. The van der Waals surface area contributed by atoms with E-state index in [-0.39, 0.29) is 16.3 Å². The molecule has 5 nitrogen and oxygen atoms in total. The monoisotopic (exact) mass is 350 g/mol. The van der Waals surface area contributed by atoms with Gasteiger partial charge in [-0.3, -0.25) is 0 Å². The second-order valence-corrected chi connectivity index (χ2v) is 6.80. The SMILES string of the molecule is CC1(CNc2nc(-c3ccnc(N)c3)c(Cl)cc2F)CCOCC1. The third-order valence-corrected chi connectivity index (χ3v) is 4.65. The minimum absolute atomic E-state index is 0.0628. The maximum Gasteiger partial charge on any atom is 0.166 e.